The van der Waals surface area contributed by atoms with Crippen molar-refractivity contribution in [3.63, 3.8) is 0 Å². The Morgan fingerprint density at radius 1 is 1.07 bits per heavy atom. The van der Waals surface area contributed by atoms with Gasteiger partial charge in [0.15, 0.2) is 5.82 Å². The predicted molar refractivity (Wildman–Crippen MR) is 104 cm³/mol. The number of hydrogen-bond acceptors (Lipinski definition) is 5. The normalized spacial score (nSPS) is 22.1. The zero-order valence-corrected chi connectivity index (χ0v) is 16.3. The number of aromatic nitrogens is 2. The number of benzene rings is 1. The summed E-state index contributed by atoms with van der Waals surface area (Å²) >= 11 is 0. The average molecular weight is 416 g/mol. The van der Waals surface area contributed by atoms with Crippen LogP contribution in [0.5, 0.6) is 0 Å². The quantitative estimate of drug-likeness (QED) is 0.829. The van der Waals surface area contributed by atoms with Crippen LogP contribution in [-0.2, 0) is 14.3 Å². The summed E-state index contributed by atoms with van der Waals surface area (Å²) in [7, 11) is 0. The van der Waals surface area contributed by atoms with Crippen LogP contribution in [0.15, 0.2) is 30.6 Å². The smallest absolute Gasteiger partial charge is 0.248 e. The van der Waals surface area contributed by atoms with Crippen LogP contribution < -0.4 is 5.32 Å². The third-order valence-electron chi connectivity index (χ3n) is 5.59. The van der Waals surface area contributed by atoms with Crippen molar-refractivity contribution >= 4 is 17.6 Å². The lowest BCUT2D eigenvalue weighted by atomic mass is 9.84. The van der Waals surface area contributed by atoms with E-state index in [0.29, 0.717) is 31.7 Å². The molecule has 2 heterocycles. The zero-order valence-electron chi connectivity index (χ0n) is 16.3. The van der Waals surface area contributed by atoms with Crippen LogP contribution in [0.4, 0.5) is 14.6 Å². The summed E-state index contributed by atoms with van der Waals surface area (Å²) in [4.78, 5) is 34.7. The molecule has 0 radical (unpaired) electrons. The third kappa shape index (κ3) is 4.62. The van der Waals surface area contributed by atoms with Gasteiger partial charge in [-0.25, -0.2) is 13.8 Å². The fourth-order valence-corrected chi connectivity index (χ4v) is 4.04. The molecule has 2 aliphatic rings. The summed E-state index contributed by atoms with van der Waals surface area (Å²) in [6.07, 6.45) is 5.67. The van der Waals surface area contributed by atoms with E-state index in [0.717, 1.165) is 18.9 Å². The molecular formula is C21H22F2N4O3. The molecular weight excluding hydrogens is 394 g/mol. The molecule has 158 valence electrons. The summed E-state index contributed by atoms with van der Waals surface area (Å²) < 4.78 is 31.9. The fourth-order valence-electron chi connectivity index (χ4n) is 4.04. The molecule has 0 spiro atoms. The molecule has 7 nitrogen and oxygen atoms in total. The van der Waals surface area contributed by atoms with Crippen molar-refractivity contribution in [1.29, 1.82) is 0 Å². The number of amides is 2. The van der Waals surface area contributed by atoms with Crippen molar-refractivity contribution in [2.24, 2.45) is 5.92 Å². The van der Waals surface area contributed by atoms with Crippen LogP contribution >= 0.6 is 0 Å². The molecule has 0 bridgehead atoms. The van der Waals surface area contributed by atoms with Crippen molar-refractivity contribution in [2.75, 3.05) is 25.1 Å². The first-order valence-electron chi connectivity index (χ1n) is 9.96. The molecule has 1 N–H and O–H groups in total. The minimum absolute atomic E-state index is 0.0164. The highest BCUT2D eigenvalue weighted by Crippen LogP contribution is 2.29. The second-order valence-corrected chi connectivity index (χ2v) is 7.58. The van der Waals surface area contributed by atoms with E-state index in [2.05, 4.69) is 15.3 Å². The monoisotopic (exact) mass is 416 g/mol. The summed E-state index contributed by atoms with van der Waals surface area (Å²) in [6.45, 7) is 1.30. The lowest BCUT2D eigenvalue weighted by Gasteiger charge is -2.38. The minimum atomic E-state index is -0.696. The van der Waals surface area contributed by atoms with Gasteiger partial charge in [0.25, 0.3) is 0 Å². The maximum atomic E-state index is 13.4. The minimum Gasteiger partial charge on any atom is -0.370 e. The Morgan fingerprint density at radius 3 is 2.43 bits per heavy atom. The number of ether oxygens (including phenoxy) is 1. The maximum absolute atomic E-state index is 13.4. The van der Waals surface area contributed by atoms with Gasteiger partial charge in [-0.05, 0) is 37.8 Å². The Morgan fingerprint density at radius 2 is 1.80 bits per heavy atom. The van der Waals surface area contributed by atoms with E-state index in [9.17, 15) is 18.4 Å². The van der Waals surface area contributed by atoms with Gasteiger partial charge in [-0.3, -0.25) is 14.6 Å². The highest BCUT2D eigenvalue weighted by molar-refractivity contribution is 5.91. The van der Waals surface area contributed by atoms with Crippen molar-refractivity contribution in [2.45, 2.75) is 31.7 Å². The van der Waals surface area contributed by atoms with Crippen LogP contribution in [0.3, 0.4) is 0 Å². The zero-order chi connectivity index (χ0) is 21.1. The van der Waals surface area contributed by atoms with E-state index in [1.54, 1.807) is 0 Å². The van der Waals surface area contributed by atoms with Crippen molar-refractivity contribution < 1.29 is 23.1 Å². The second-order valence-electron chi connectivity index (χ2n) is 7.58. The number of carbonyl (C=O) groups is 2. The van der Waals surface area contributed by atoms with E-state index in [-0.39, 0.29) is 41.8 Å². The molecule has 30 heavy (non-hydrogen) atoms. The topological polar surface area (TPSA) is 84.4 Å². The Balaban J connectivity index is 1.32. The first kappa shape index (κ1) is 20.3. The van der Waals surface area contributed by atoms with Crippen LogP contribution in [0, 0.1) is 17.6 Å². The van der Waals surface area contributed by atoms with Gasteiger partial charge in [0.2, 0.25) is 11.8 Å². The summed E-state index contributed by atoms with van der Waals surface area (Å²) in [5.74, 6) is -1.39. The van der Waals surface area contributed by atoms with E-state index >= 15 is 0 Å². The summed E-state index contributed by atoms with van der Waals surface area (Å²) in [5.41, 5.74) is 0.580. The number of nitrogens with zero attached hydrogens (tertiary/aromatic N) is 3. The fraction of sp³-hybridized carbons (Fsp3) is 0.429. The molecule has 0 atom stereocenters. The number of morpholine rings is 1. The first-order valence-corrected chi connectivity index (χ1v) is 9.96. The van der Waals surface area contributed by atoms with E-state index in [1.165, 1.54) is 24.5 Å². The van der Waals surface area contributed by atoms with Crippen molar-refractivity contribution in [1.82, 2.24) is 14.9 Å². The van der Waals surface area contributed by atoms with Gasteiger partial charge in [0.05, 0.1) is 24.7 Å². The predicted octanol–water partition coefficient (Wildman–Crippen LogP) is 2.78. The second kappa shape index (κ2) is 8.83. The molecule has 1 saturated heterocycles. The largest absolute Gasteiger partial charge is 0.370 e. The molecule has 1 aromatic carbocycles. The van der Waals surface area contributed by atoms with E-state index in [1.807, 2.05) is 4.90 Å². The van der Waals surface area contributed by atoms with Gasteiger partial charge in [-0.15, -0.1) is 0 Å². The van der Waals surface area contributed by atoms with Crippen LogP contribution in [-0.4, -0.2) is 52.5 Å². The summed E-state index contributed by atoms with van der Waals surface area (Å²) in [5, 5.41) is 2.75. The number of rotatable bonds is 4. The number of carbonyl (C=O) groups excluding carboxylic acids is 2. The highest BCUT2D eigenvalue weighted by atomic mass is 19.1. The van der Waals surface area contributed by atoms with Gasteiger partial charge in [0, 0.05) is 30.1 Å². The number of anilines is 1. The molecule has 2 fully saturated rings. The molecule has 0 unspecified atom stereocenters. The molecule has 1 aromatic heterocycles. The average Bonchev–Trinajstić information content (AvgIpc) is 2.74. The first-order chi connectivity index (χ1) is 14.5. The molecule has 4 rings (SSSR count). The van der Waals surface area contributed by atoms with Gasteiger partial charge in [-0.2, -0.15) is 0 Å². The van der Waals surface area contributed by atoms with Crippen molar-refractivity contribution in [3.05, 3.63) is 42.2 Å². The highest BCUT2D eigenvalue weighted by Gasteiger charge is 2.32. The van der Waals surface area contributed by atoms with Gasteiger partial charge >= 0.3 is 0 Å². The number of halogens is 2. The molecule has 9 heteroatoms. The standard InChI is InChI=1S/C21H22F2N4O3/c22-15-7-14(8-16(23)9-15)18-10-25-19(11-24-18)26-21(29)13-1-3-17(4-2-13)27-5-6-30-12-20(27)28/h7-11,13,17H,1-6,12H2,(H,25,26,29)/t13-,17+. The Labute approximate surface area is 172 Å². The van der Waals surface area contributed by atoms with E-state index < -0.39 is 11.6 Å². The van der Waals surface area contributed by atoms with Crippen LogP contribution in [0.2, 0.25) is 0 Å². The molecule has 1 aliphatic carbocycles. The Hall–Kier alpha value is -2.94. The SMILES string of the molecule is O=C1COCCN1[C@H]1CC[C@@H](C(=O)Nc2cnc(-c3cc(F)cc(F)c3)cn2)CC1. The molecule has 2 amide bonds. The van der Waals surface area contributed by atoms with Crippen LogP contribution in [0.25, 0.3) is 11.3 Å². The maximum Gasteiger partial charge on any atom is 0.248 e. The van der Waals surface area contributed by atoms with Gasteiger partial charge in [-0.1, -0.05) is 0 Å². The lowest BCUT2D eigenvalue weighted by molar-refractivity contribution is -0.146. The van der Waals surface area contributed by atoms with Crippen LogP contribution in [0.1, 0.15) is 25.7 Å². The summed E-state index contributed by atoms with van der Waals surface area (Å²) in [6, 6.07) is 3.29. The lowest BCUT2D eigenvalue weighted by Crippen LogP contribution is -2.49. The Kier molecular flexibility index (Phi) is 5.98. The number of nitrogens with one attached hydrogen (secondary N) is 1. The molecule has 1 saturated carbocycles. The number of hydrogen-bond donors (Lipinski definition) is 1. The molecule has 1 aliphatic heterocycles. The Bertz CT molecular complexity index is 910. The third-order valence-corrected chi connectivity index (χ3v) is 5.59. The van der Waals surface area contributed by atoms with Gasteiger partial charge < -0.3 is 15.0 Å². The van der Waals surface area contributed by atoms with Crippen molar-refractivity contribution in [3.8, 4) is 11.3 Å². The van der Waals surface area contributed by atoms with E-state index in [4.69, 9.17) is 4.74 Å². The molecule has 2 aromatic rings. The van der Waals surface area contributed by atoms with Gasteiger partial charge in [0.1, 0.15) is 18.2 Å².